The van der Waals surface area contributed by atoms with Gasteiger partial charge < -0.3 is 4.43 Å². The molecule has 0 aliphatic heterocycles. The van der Waals surface area contributed by atoms with E-state index in [1.54, 1.807) is 0 Å². The Bertz CT molecular complexity index is 1150. The monoisotopic (exact) mass is 448 g/mol. The Morgan fingerprint density at radius 1 is 0.727 bits per heavy atom. The van der Waals surface area contributed by atoms with Crippen molar-refractivity contribution in [2.45, 2.75) is 32.4 Å². The molecule has 33 heavy (non-hydrogen) atoms. The second-order valence-electron chi connectivity index (χ2n) is 9.44. The van der Waals surface area contributed by atoms with Crippen LogP contribution in [0.15, 0.2) is 116 Å². The van der Waals surface area contributed by atoms with Crippen molar-refractivity contribution in [3.63, 3.8) is 0 Å². The van der Waals surface area contributed by atoms with Gasteiger partial charge in [-0.2, -0.15) is 0 Å². The molecule has 0 aliphatic rings. The highest BCUT2D eigenvalue weighted by Crippen LogP contribution is 2.38. The normalized spacial score (nSPS) is 11.8. The zero-order chi connectivity index (χ0) is 23.3. The minimum atomic E-state index is -2.61. The minimum absolute atomic E-state index is 0.0569. The van der Waals surface area contributed by atoms with Gasteiger partial charge in [-0.05, 0) is 43.7 Å². The third kappa shape index (κ3) is 4.63. The molecule has 0 aromatic heterocycles. The zero-order valence-corrected chi connectivity index (χ0v) is 20.8. The third-order valence-electron chi connectivity index (χ3n) is 6.31. The summed E-state index contributed by atoms with van der Waals surface area (Å²) in [6, 6.07) is 38.7. The van der Waals surface area contributed by atoms with E-state index in [4.69, 9.17) is 4.43 Å². The molecule has 166 valence electrons. The van der Waals surface area contributed by atoms with Gasteiger partial charge in [0.15, 0.2) is 0 Å². The number of hydrogen-bond donors (Lipinski definition) is 0. The van der Waals surface area contributed by atoms with E-state index in [-0.39, 0.29) is 5.04 Å². The van der Waals surface area contributed by atoms with Gasteiger partial charge >= 0.3 is 0 Å². The molecule has 0 atom stereocenters. The zero-order valence-electron chi connectivity index (χ0n) is 19.8. The Balaban J connectivity index is 1.85. The SMILES string of the molecule is C=Cc1ccc(-c2ccccc2)c(CO[Si](c2ccccc2)(c2ccccc2)C(C)(C)C)c1. The first kappa shape index (κ1) is 23.0. The van der Waals surface area contributed by atoms with Crippen LogP contribution in [0.3, 0.4) is 0 Å². The Hall–Kier alpha value is -3.20. The molecule has 4 aromatic rings. The van der Waals surface area contributed by atoms with E-state index in [1.165, 1.54) is 27.1 Å². The molecule has 0 spiro atoms. The standard InChI is InChI=1S/C31H32OSi/c1-5-25-21-22-30(26-15-9-6-10-16-26)27(23-25)24-32-33(31(2,3)4,28-17-11-7-12-18-28)29-19-13-8-14-20-29/h5-23H,1,24H2,2-4H3. The molecule has 1 nitrogen and oxygen atoms in total. The van der Waals surface area contributed by atoms with Crippen molar-refractivity contribution in [3.05, 3.63) is 127 Å². The van der Waals surface area contributed by atoms with Crippen LogP contribution in [-0.2, 0) is 11.0 Å². The summed E-state index contributed by atoms with van der Waals surface area (Å²) < 4.78 is 7.22. The molecule has 0 bridgehead atoms. The third-order valence-corrected chi connectivity index (χ3v) is 11.3. The van der Waals surface area contributed by atoms with Crippen molar-refractivity contribution in [2.75, 3.05) is 0 Å². The van der Waals surface area contributed by atoms with Crippen LogP contribution in [-0.4, -0.2) is 8.32 Å². The van der Waals surface area contributed by atoms with Gasteiger partial charge in [0, 0.05) is 0 Å². The summed E-state index contributed by atoms with van der Waals surface area (Å²) in [7, 11) is -2.61. The van der Waals surface area contributed by atoms with Gasteiger partial charge in [0.2, 0.25) is 0 Å². The maximum absolute atomic E-state index is 7.22. The average Bonchev–Trinajstić information content (AvgIpc) is 2.85. The summed E-state index contributed by atoms with van der Waals surface area (Å²) in [5, 5.41) is 2.54. The summed E-state index contributed by atoms with van der Waals surface area (Å²) in [6.07, 6.45) is 1.90. The maximum atomic E-state index is 7.22. The lowest BCUT2D eigenvalue weighted by Crippen LogP contribution is -2.66. The quantitative estimate of drug-likeness (QED) is 0.275. The fourth-order valence-corrected chi connectivity index (χ4v) is 9.23. The van der Waals surface area contributed by atoms with E-state index in [1.807, 2.05) is 6.08 Å². The van der Waals surface area contributed by atoms with Crippen molar-refractivity contribution in [1.82, 2.24) is 0 Å². The molecule has 0 radical (unpaired) electrons. The van der Waals surface area contributed by atoms with E-state index >= 15 is 0 Å². The first-order valence-electron chi connectivity index (χ1n) is 11.5. The molecule has 0 saturated carbocycles. The number of benzene rings is 4. The van der Waals surface area contributed by atoms with Crippen molar-refractivity contribution in [1.29, 1.82) is 0 Å². The van der Waals surface area contributed by atoms with Gasteiger partial charge in [-0.1, -0.05) is 137 Å². The Morgan fingerprint density at radius 2 is 1.24 bits per heavy atom. The second kappa shape index (κ2) is 9.74. The topological polar surface area (TPSA) is 9.23 Å². The first-order valence-corrected chi connectivity index (χ1v) is 13.4. The van der Waals surface area contributed by atoms with Crippen molar-refractivity contribution in [3.8, 4) is 11.1 Å². The van der Waals surface area contributed by atoms with Gasteiger partial charge in [0.25, 0.3) is 8.32 Å². The van der Waals surface area contributed by atoms with Crippen LogP contribution >= 0.6 is 0 Å². The Kier molecular flexibility index (Phi) is 6.78. The molecule has 0 saturated heterocycles. The summed E-state index contributed by atoms with van der Waals surface area (Å²) in [6.45, 7) is 11.5. The molecule has 4 aromatic carbocycles. The predicted molar refractivity (Wildman–Crippen MR) is 144 cm³/mol. The van der Waals surface area contributed by atoms with Crippen molar-refractivity contribution < 1.29 is 4.43 Å². The van der Waals surface area contributed by atoms with Crippen LogP contribution in [0, 0.1) is 0 Å². The molecule has 0 unspecified atom stereocenters. The highest BCUT2D eigenvalue weighted by molar-refractivity contribution is 6.99. The van der Waals surface area contributed by atoms with E-state index in [9.17, 15) is 0 Å². The first-order chi connectivity index (χ1) is 16.0. The van der Waals surface area contributed by atoms with Gasteiger partial charge in [0.1, 0.15) is 0 Å². The summed E-state index contributed by atoms with van der Waals surface area (Å²) in [5.41, 5.74) is 4.70. The van der Waals surface area contributed by atoms with Crippen LogP contribution in [0.5, 0.6) is 0 Å². The molecule has 0 aliphatic carbocycles. The van der Waals surface area contributed by atoms with Gasteiger partial charge in [-0.15, -0.1) is 0 Å². The Labute approximate surface area is 199 Å². The van der Waals surface area contributed by atoms with Gasteiger partial charge in [-0.25, -0.2) is 0 Å². The Morgan fingerprint density at radius 3 is 1.73 bits per heavy atom. The van der Waals surface area contributed by atoms with Crippen LogP contribution < -0.4 is 10.4 Å². The summed E-state index contributed by atoms with van der Waals surface area (Å²) >= 11 is 0. The molecule has 4 rings (SSSR count). The maximum Gasteiger partial charge on any atom is 0.261 e. The number of hydrogen-bond acceptors (Lipinski definition) is 1. The molecular formula is C31H32OSi. The van der Waals surface area contributed by atoms with Crippen LogP contribution in [0.1, 0.15) is 31.9 Å². The summed E-state index contributed by atoms with van der Waals surface area (Å²) in [4.78, 5) is 0. The van der Waals surface area contributed by atoms with E-state index in [0.29, 0.717) is 6.61 Å². The highest BCUT2D eigenvalue weighted by Gasteiger charge is 2.50. The number of rotatable bonds is 7. The molecule has 0 fully saturated rings. The molecule has 0 heterocycles. The highest BCUT2D eigenvalue weighted by atomic mass is 28.4. The molecule has 0 amide bonds. The van der Waals surface area contributed by atoms with E-state index in [2.05, 4.69) is 137 Å². The summed E-state index contributed by atoms with van der Waals surface area (Å²) in [5.74, 6) is 0. The minimum Gasteiger partial charge on any atom is -0.403 e. The van der Waals surface area contributed by atoms with E-state index < -0.39 is 8.32 Å². The fourth-order valence-electron chi connectivity index (χ4n) is 4.71. The smallest absolute Gasteiger partial charge is 0.261 e. The lowest BCUT2D eigenvalue weighted by molar-refractivity contribution is 0.286. The molecule has 2 heteroatoms. The lowest BCUT2D eigenvalue weighted by Gasteiger charge is -2.43. The van der Waals surface area contributed by atoms with Crippen LogP contribution in [0.25, 0.3) is 17.2 Å². The lowest BCUT2D eigenvalue weighted by atomic mass is 9.98. The average molecular weight is 449 g/mol. The largest absolute Gasteiger partial charge is 0.403 e. The van der Waals surface area contributed by atoms with E-state index in [0.717, 1.165) is 5.56 Å². The van der Waals surface area contributed by atoms with Crippen LogP contribution in [0.2, 0.25) is 5.04 Å². The van der Waals surface area contributed by atoms with Crippen molar-refractivity contribution in [2.24, 2.45) is 0 Å². The fraction of sp³-hybridized carbons (Fsp3) is 0.161. The van der Waals surface area contributed by atoms with Crippen molar-refractivity contribution >= 4 is 24.8 Å². The molecular weight excluding hydrogens is 416 g/mol. The van der Waals surface area contributed by atoms with Gasteiger partial charge in [0.05, 0.1) is 6.61 Å². The predicted octanol–water partition coefficient (Wildman–Crippen LogP) is 7.07. The second-order valence-corrected chi connectivity index (χ2v) is 13.7. The van der Waals surface area contributed by atoms with Gasteiger partial charge in [-0.3, -0.25) is 0 Å². The van der Waals surface area contributed by atoms with Crippen LogP contribution in [0.4, 0.5) is 0 Å². The molecule has 0 N–H and O–H groups in total.